The van der Waals surface area contributed by atoms with Crippen molar-refractivity contribution in [1.29, 1.82) is 0 Å². The number of rotatable bonds is 2. The highest BCUT2D eigenvalue weighted by Gasteiger charge is 2.43. The van der Waals surface area contributed by atoms with E-state index in [0.717, 1.165) is 44.7 Å². The van der Waals surface area contributed by atoms with Gasteiger partial charge in [0.2, 0.25) is 0 Å². The normalized spacial score (nSPS) is 25.1. The zero-order valence-corrected chi connectivity index (χ0v) is 11.9. The predicted octanol–water partition coefficient (Wildman–Crippen LogP) is 1.77. The number of halogens is 1. The largest absolute Gasteiger partial charge is 0.480 e. The van der Waals surface area contributed by atoms with Gasteiger partial charge in [-0.25, -0.2) is 4.98 Å². The number of nitrogens with one attached hydrogen (secondary N) is 1. The minimum absolute atomic E-state index is 0.145. The molecule has 2 fully saturated rings. The van der Waals surface area contributed by atoms with Gasteiger partial charge in [0.1, 0.15) is 11.9 Å². The summed E-state index contributed by atoms with van der Waals surface area (Å²) in [4.78, 5) is 17.6. The lowest BCUT2D eigenvalue weighted by Gasteiger charge is -2.39. The third kappa shape index (κ3) is 2.60. The third-order valence-electron chi connectivity index (χ3n) is 4.52. The fourth-order valence-electron chi connectivity index (χ4n) is 3.24. The second kappa shape index (κ2) is 5.22. The van der Waals surface area contributed by atoms with Crippen LogP contribution in [0.15, 0.2) is 18.3 Å². The van der Waals surface area contributed by atoms with Crippen LogP contribution in [0.5, 0.6) is 0 Å². The molecule has 2 N–H and O–H groups in total. The number of hydrogen-bond acceptors (Lipinski definition) is 4. The van der Waals surface area contributed by atoms with Crippen LogP contribution in [0.1, 0.15) is 19.3 Å². The Balaban J connectivity index is 1.62. The van der Waals surface area contributed by atoms with Crippen molar-refractivity contribution in [1.82, 2.24) is 10.3 Å². The van der Waals surface area contributed by atoms with Gasteiger partial charge in [-0.15, -0.1) is 0 Å². The van der Waals surface area contributed by atoms with Crippen LogP contribution in [0, 0.1) is 5.41 Å². The van der Waals surface area contributed by atoms with Gasteiger partial charge in [-0.3, -0.25) is 4.79 Å². The molecule has 2 saturated heterocycles. The number of piperidine rings is 1. The number of pyridine rings is 1. The monoisotopic (exact) mass is 295 g/mol. The van der Waals surface area contributed by atoms with E-state index in [1.165, 1.54) is 0 Å². The van der Waals surface area contributed by atoms with Gasteiger partial charge in [0.25, 0.3) is 0 Å². The molecule has 0 aromatic carbocycles. The molecule has 0 amide bonds. The van der Waals surface area contributed by atoms with Gasteiger partial charge < -0.3 is 15.3 Å². The molecule has 2 aliphatic heterocycles. The fourth-order valence-corrected chi connectivity index (χ4v) is 3.35. The number of aromatic nitrogens is 1. The van der Waals surface area contributed by atoms with Crippen molar-refractivity contribution in [3.63, 3.8) is 0 Å². The zero-order chi connectivity index (χ0) is 14.2. The van der Waals surface area contributed by atoms with E-state index < -0.39 is 5.97 Å². The quantitative estimate of drug-likeness (QED) is 0.870. The maximum Gasteiger partial charge on any atom is 0.320 e. The third-order valence-corrected chi connectivity index (χ3v) is 4.74. The molecule has 1 atom stereocenters. The van der Waals surface area contributed by atoms with Gasteiger partial charge in [-0.05, 0) is 36.8 Å². The first-order valence-electron chi connectivity index (χ1n) is 6.91. The highest BCUT2D eigenvalue weighted by atomic mass is 35.5. The summed E-state index contributed by atoms with van der Waals surface area (Å²) in [5.41, 5.74) is 0.145. The van der Waals surface area contributed by atoms with Crippen LogP contribution in [0.4, 0.5) is 5.82 Å². The van der Waals surface area contributed by atoms with Crippen molar-refractivity contribution < 1.29 is 9.90 Å². The van der Waals surface area contributed by atoms with Crippen LogP contribution in [0.2, 0.25) is 5.02 Å². The Morgan fingerprint density at radius 1 is 1.45 bits per heavy atom. The maximum atomic E-state index is 11.0. The van der Waals surface area contributed by atoms with Crippen molar-refractivity contribution in [2.45, 2.75) is 25.3 Å². The molecule has 0 unspecified atom stereocenters. The number of carboxylic acids is 1. The second-order valence-corrected chi connectivity index (χ2v) is 6.23. The molecule has 0 saturated carbocycles. The predicted molar refractivity (Wildman–Crippen MR) is 77.2 cm³/mol. The minimum Gasteiger partial charge on any atom is -0.480 e. The van der Waals surface area contributed by atoms with Crippen LogP contribution in [-0.2, 0) is 4.79 Å². The van der Waals surface area contributed by atoms with Crippen LogP contribution in [0.3, 0.4) is 0 Å². The molecule has 1 spiro atoms. The highest BCUT2D eigenvalue weighted by molar-refractivity contribution is 6.30. The number of carbonyl (C=O) groups is 1. The molecule has 0 radical (unpaired) electrons. The molecule has 0 aliphatic carbocycles. The average molecular weight is 296 g/mol. The molecule has 1 aromatic rings. The Labute approximate surface area is 122 Å². The van der Waals surface area contributed by atoms with Gasteiger partial charge in [0.15, 0.2) is 0 Å². The molecule has 3 heterocycles. The van der Waals surface area contributed by atoms with E-state index in [1.54, 1.807) is 6.20 Å². The summed E-state index contributed by atoms with van der Waals surface area (Å²) in [6.07, 6.45) is 4.42. The van der Waals surface area contributed by atoms with Crippen molar-refractivity contribution in [2.24, 2.45) is 5.41 Å². The Hall–Kier alpha value is -1.33. The summed E-state index contributed by atoms with van der Waals surface area (Å²) < 4.78 is 0. The van der Waals surface area contributed by atoms with E-state index in [2.05, 4.69) is 15.2 Å². The minimum atomic E-state index is -0.733. The van der Waals surface area contributed by atoms with Gasteiger partial charge in [0.05, 0.1) is 5.02 Å². The summed E-state index contributed by atoms with van der Waals surface area (Å²) >= 11 is 5.85. The first kappa shape index (κ1) is 13.6. The molecule has 2 aliphatic rings. The second-order valence-electron chi connectivity index (χ2n) is 5.80. The molecule has 3 rings (SSSR count). The van der Waals surface area contributed by atoms with Gasteiger partial charge in [-0.1, -0.05) is 11.6 Å². The van der Waals surface area contributed by atoms with E-state index in [1.807, 2.05) is 12.1 Å². The molecule has 0 bridgehead atoms. The number of carboxylic acid groups (broad SMARTS) is 1. The lowest BCUT2D eigenvalue weighted by molar-refractivity contribution is -0.139. The van der Waals surface area contributed by atoms with Gasteiger partial charge >= 0.3 is 5.97 Å². The lowest BCUT2D eigenvalue weighted by Crippen LogP contribution is -2.41. The average Bonchev–Trinajstić information content (AvgIpc) is 2.85. The summed E-state index contributed by atoms with van der Waals surface area (Å²) in [5, 5.41) is 12.9. The van der Waals surface area contributed by atoms with E-state index >= 15 is 0 Å². The molecular formula is C14H18ClN3O2. The van der Waals surface area contributed by atoms with Crippen molar-refractivity contribution in [3.05, 3.63) is 23.4 Å². The van der Waals surface area contributed by atoms with Crippen LogP contribution in [0.25, 0.3) is 0 Å². The Bertz CT molecular complexity index is 498. The number of aliphatic carboxylic acids is 1. The van der Waals surface area contributed by atoms with Crippen molar-refractivity contribution in [3.8, 4) is 0 Å². The van der Waals surface area contributed by atoms with Crippen LogP contribution in [-0.4, -0.2) is 41.7 Å². The number of nitrogens with zero attached hydrogens (tertiary/aromatic N) is 2. The summed E-state index contributed by atoms with van der Waals surface area (Å²) in [6, 6.07) is 3.41. The van der Waals surface area contributed by atoms with Crippen LogP contribution < -0.4 is 10.2 Å². The lowest BCUT2D eigenvalue weighted by atomic mass is 9.76. The maximum absolute atomic E-state index is 11.0. The van der Waals surface area contributed by atoms with E-state index in [9.17, 15) is 4.79 Å². The van der Waals surface area contributed by atoms with E-state index in [-0.39, 0.29) is 11.5 Å². The molecule has 5 nitrogen and oxygen atoms in total. The fraction of sp³-hybridized carbons (Fsp3) is 0.571. The number of hydrogen-bond donors (Lipinski definition) is 2. The first-order chi connectivity index (χ1) is 9.58. The van der Waals surface area contributed by atoms with Gasteiger partial charge in [0, 0.05) is 25.8 Å². The Morgan fingerprint density at radius 3 is 2.75 bits per heavy atom. The molecule has 1 aromatic heterocycles. The Kier molecular flexibility index (Phi) is 3.56. The smallest absolute Gasteiger partial charge is 0.320 e. The SMILES string of the molecule is O=C(O)[C@@H]1CC2(CCN(c3ccc(Cl)cn3)CC2)CN1. The van der Waals surface area contributed by atoms with E-state index in [4.69, 9.17) is 16.7 Å². The summed E-state index contributed by atoms with van der Waals surface area (Å²) in [5.74, 6) is 0.216. The molecule has 108 valence electrons. The highest BCUT2D eigenvalue weighted by Crippen LogP contribution is 2.40. The number of anilines is 1. The topological polar surface area (TPSA) is 65.5 Å². The molecule has 6 heteroatoms. The summed E-state index contributed by atoms with van der Waals surface area (Å²) in [7, 11) is 0. The van der Waals surface area contributed by atoms with Crippen molar-refractivity contribution in [2.75, 3.05) is 24.5 Å². The van der Waals surface area contributed by atoms with Crippen molar-refractivity contribution >= 4 is 23.4 Å². The molecular weight excluding hydrogens is 278 g/mol. The van der Waals surface area contributed by atoms with E-state index in [0.29, 0.717) is 5.02 Å². The van der Waals surface area contributed by atoms with Crippen LogP contribution >= 0.6 is 11.6 Å². The van der Waals surface area contributed by atoms with Gasteiger partial charge in [-0.2, -0.15) is 0 Å². The Morgan fingerprint density at radius 2 is 2.20 bits per heavy atom. The zero-order valence-electron chi connectivity index (χ0n) is 11.2. The first-order valence-corrected chi connectivity index (χ1v) is 7.29. The summed E-state index contributed by atoms with van der Waals surface area (Å²) in [6.45, 7) is 2.65. The molecule has 20 heavy (non-hydrogen) atoms. The standard InChI is InChI=1S/C14H18ClN3O2/c15-10-1-2-12(16-8-10)18-5-3-14(4-6-18)7-11(13(19)20)17-9-14/h1-2,8,11,17H,3-7,9H2,(H,19,20)/t11-/m0/s1.